The van der Waals surface area contributed by atoms with Crippen molar-refractivity contribution >= 4 is 35.6 Å². The molecule has 28 heavy (non-hydrogen) atoms. The summed E-state index contributed by atoms with van der Waals surface area (Å²) >= 11 is 0. The van der Waals surface area contributed by atoms with Crippen LogP contribution in [0.2, 0.25) is 0 Å². The topological polar surface area (TPSA) is 68.9 Å². The van der Waals surface area contributed by atoms with E-state index in [4.69, 9.17) is 15.2 Å². The molecule has 0 amide bonds. The maximum absolute atomic E-state index is 14.1. The molecule has 0 saturated heterocycles. The number of hydrogen-bond donors (Lipinski definition) is 2. The molecule has 152 valence electrons. The van der Waals surface area contributed by atoms with E-state index in [-0.39, 0.29) is 41.2 Å². The van der Waals surface area contributed by atoms with Gasteiger partial charge in [-0.3, -0.25) is 4.99 Å². The van der Waals surface area contributed by atoms with Gasteiger partial charge in [-0.05, 0) is 50.5 Å². The molecule has 7 heteroatoms. The van der Waals surface area contributed by atoms with Gasteiger partial charge in [0.15, 0.2) is 5.96 Å². The number of halogens is 2. The zero-order chi connectivity index (χ0) is 19.3. The van der Waals surface area contributed by atoms with E-state index in [1.54, 1.807) is 6.07 Å². The van der Waals surface area contributed by atoms with Gasteiger partial charge in [0, 0.05) is 11.5 Å². The van der Waals surface area contributed by atoms with Crippen LogP contribution >= 0.6 is 24.0 Å². The Kier molecular flexibility index (Phi) is 7.91. The van der Waals surface area contributed by atoms with Crippen molar-refractivity contribution in [3.8, 4) is 11.5 Å². The summed E-state index contributed by atoms with van der Waals surface area (Å²) in [6.45, 7) is 5.40. The van der Waals surface area contributed by atoms with Gasteiger partial charge >= 0.3 is 0 Å². The zero-order valence-corrected chi connectivity index (χ0v) is 18.5. The van der Waals surface area contributed by atoms with Crippen LogP contribution in [0.15, 0.2) is 47.5 Å². The Morgan fingerprint density at radius 3 is 2.50 bits per heavy atom. The maximum Gasteiger partial charge on any atom is 0.193 e. The lowest BCUT2D eigenvalue weighted by molar-refractivity contribution is 0.332. The van der Waals surface area contributed by atoms with Crippen molar-refractivity contribution in [2.75, 3.05) is 25.1 Å². The number of nitrogens with zero attached hydrogens (tertiary/aromatic N) is 1. The van der Waals surface area contributed by atoms with E-state index in [0.29, 0.717) is 31.2 Å². The zero-order valence-electron chi connectivity index (χ0n) is 16.2. The second kappa shape index (κ2) is 9.95. The number of aliphatic imine (C=N–C) groups is 1. The van der Waals surface area contributed by atoms with E-state index < -0.39 is 0 Å². The number of nitrogens with one attached hydrogen (secondary N) is 1. The normalized spacial score (nSPS) is 14.8. The Morgan fingerprint density at radius 2 is 1.86 bits per heavy atom. The van der Waals surface area contributed by atoms with Crippen molar-refractivity contribution in [2.24, 2.45) is 10.7 Å². The smallest absolute Gasteiger partial charge is 0.193 e. The molecule has 2 aromatic rings. The predicted octanol–water partition coefficient (Wildman–Crippen LogP) is 4.70. The first-order chi connectivity index (χ1) is 13.1. The van der Waals surface area contributed by atoms with Gasteiger partial charge in [-0.1, -0.05) is 18.2 Å². The third-order valence-corrected chi connectivity index (χ3v) is 4.68. The van der Waals surface area contributed by atoms with Crippen LogP contribution in [0.5, 0.6) is 11.5 Å². The average Bonchev–Trinajstić information content (AvgIpc) is 3.44. The highest BCUT2D eigenvalue weighted by molar-refractivity contribution is 14.0. The number of hydrogen-bond acceptors (Lipinski definition) is 3. The molecule has 3 rings (SSSR count). The van der Waals surface area contributed by atoms with Gasteiger partial charge in [-0.25, -0.2) is 4.39 Å². The lowest BCUT2D eigenvalue weighted by Crippen LogP contribution is -2.25. The second-order valence-electron chi connectivity index (χ2n) is 6.61. The number of anilines is 1. The summed E-state index contributed by atoms with van der Waals surface area (Å²) in [6, 6.07) is 12.4. The van der Waals surface area contributed by atoms with E-state index in [0.717, 1.165) is 24.2 Å². The fourth-order valence-electron chi connectivity index (χ4n) is 3.11. The van der Waals surface area contributed by atoms with Crippen LogP contribution in [0.25, 0.3) is 0 Å². The van der Waals surface area contributed by atoms with Gasteiger partial charge in [0.1, 0.15) is 17.3 Å². The maximum atomic E-state index is 14.1. The molecule has 3 N–H and O–H groups in total. The van der Waals surface area contributed by atoms with Gasteiger partial charge in [0.2, 0.25) is 0 Å². The van der Waals surface area contributed by atoms with E-state index in [2.05, 4.69) is 10.3 Å². The molecule has 0 spiro atoms. The molecule has 5 nitrogen and oxygen atoms in total. The molecule has 0 aliphatic heterocycles. The fourth-order valence-corrected chi connectivity index (χ4v) is 3.11. The van der Waals surface area contributed by atoms with E-state index in [1.807, 2.05) is 44.2 Å². The van der Waals surface area contributed by atoms with E-state index in [9.17, 15) is 4.39 Å². The summed E-state index contributed by atoms with van der Waals surface area (Å²) in [4.78, 5) is 4.47. The summed E-state index contributed by atoms with van der Waals surface area (Å²) in [7, 11) is 0. The molecular weight excluding hydrogens is 472 g/mol. The minimum Gasteiger partial charge on any atom is -0.494 e. The Labute approximate surface area is 182 Å². The summed E-state index contributed by atoms with van der Waals surface area (Å²) in [5, 5.41) is 3.09. The lowest BCUT2D eigenvalue weighted by atomic mass is 9.95. The van der Waals surface area contributed by atoms with Crippen LogP contribution in [0, 0.1) is 5.82 Å². The molecule has 1 aliphatic carbocycles. The van der Waals surface area contributed by atoms with Crippen LogP contribution < -0.4 is 20.5 Å². The Bertz CT molecular complexity index is 825. The molecule has 1 aliphatic rings. The van der Waals surface area contributed by atoms with Gasteiger partial charge in [-0.2, -0.15) is 0 Å². The monoisotopic (exact) mass is 499 g/mol. The highest BCUT2D eigenvalue weighted by Gasteiger charge is 2.45. The van der Waals surface area contributed by atoms with Gasteiger partial charge in [0.05, 0.1) is 25.4 Å². The largest absolute Gasteiger partial charge is 0.494 e. The number of benzene rings is 2. The minimum atomic E-state index is -0.242. The highest BCUT2D eigenvalue weighted by Crippen LogP contribution is 2.49. The average molecular weight is 499 g/mol. The molecule has 1 fully saturated rings. The fraction of sp³-hybridized carbons (Fsp3) is 0.381. The second-order valence-corrected chi connectivity index (χ2v) is 6.61. The third kappa shape index (κ3) is 5.27. The first-order valence-corrected chi connectivity index (χ1v) is 9.29. The molecule has 1 saturated carbocycles. The molecule has 0 aromatic heterocycles. The van der Waals surface area contributed by atoms with Crippen molar-refractivity contribution in [2.45, 2.75) is 32.1 Å². The van der Waals surface area contributed by atoms with Crippen LogP contribution in [0.4, 0.5) is 10.1 Å². The molecule has 2 aromatic carbocycles. The standard InChI is InChI=1S/C21H26FN3O2.HI/c1-3-26-15-9-10-19(27-4-2)18(13-15)25-20(23)24-14-21(11-12-21)16-7-5-6-8-17(16)22;/h5-10,13H,3-4,11-12,14H2,1-2H3,(H3,23,24,25);1H. The number of nitrogens with two attached hydrogens (primary N) is 1. The van der Waals surface area contributed by atoms with Crippen LogP contribution in [-0.4, -0.2) is 25.7 Å². The molecule has 0 atom stereocenters. The predicted molar refractivity (Wildman–Crippen MR) is 122 cm³/mol. The molecule has 0 bridgehead atoms. The quantitative estimate of drug-likeness (QED) is 0.314. The summed E-state index contributed by atoms with van der Waals surface area (Å²) < 4.78 is 25.3. The first kappa shape index (κ1) is 22.3. The van der Waals surface area contributed by atoms with Crippen LogP contribution in [0.1, 0.15) is 32.3 Å². The minimum absolute atomic E-state index is 0. The van der Waals surface area contributed by atoms with Crippen LogP contribution in [-0.2, 0) is 5.41 Å². The Balaban J connectivity index is 0.00000280. The third-order valence-electron chi connectivity index (χ3n) is 4.68. The SMILES string of the molecule is CCOc1ccc(OCC)c(NC(N)=NCC2(c3ccccc3F)CC2)c1.I. The van der Waals surface area contributed by atoms with Crippen molar-refractivity contribution in [1.29, 1.82) is 0 Å². The Hall–Kier alpha value is -2.03. The Morgan fingerprint density at radius 1 is 1.14 bits per heavy atom. The molecule has 0 radical (unpaired) electrons. The summed E-state index contributed by atoms with van der Waals surface area (Å²) in [6.07, 6.45) is 1.82. The molecular formula is C21H27FIN3O2. The van der Waals surface area contributed by atoms with Gasteiger partial charge in [0.25, 0.3) is 0 Å². The number of ether oxygens (including phenoxy) is 2. The van der Waals surface area contributed by atoms with Gasteiger partial charge in [-0.15, -0.1) is 24.0 Å². The number of rotatable bonds is 8. The summed E-state index contributed by atoms with van der Waals surface area (Å²) in [5.74, 6) is 1.49. The van der Waals surface area contributed by atoms with Crippen molar-refractivity contribution in [3.05, 3.63) is 53.8 Å². The van der Waals surface area contributed by atoms with Crippen molar-refractivity contribution in [1.82, 2.24) is 0 Å². The molecule has 0 heterocycles. The van der Waals surface area contributed by atoms with E-state index >= 15 is 0 Å². The van der Waals surface area contributed by atoms with Crippen molar-refractivity contribution < 1.29 is 13.9 Å². The lowest BCUT2D eigenvalue weighted by Gasteiger charge is -2.16. The van der Waals surface area contributed by atoms with Gasteiger partial charge < -0.3 is 20.5 Å². The highest BCUT2D eigenvalue weighted by atomic mass is 127. The molecule has 0 unspecified atom stereocenters. The first-order valence-electron chi connectivity index (χ1n) is 9.29. The summed E-state index contributed by atoms with van der Waals surface area (Å²) in [5.41, 5.74) is 7.26. The van der Waals surface area contributed by atoms with Crippen molar-refractivity contribution in [3.63, 3.8) is 0 Å². The van der Waals surface area contributed by atoms with Crippen LogP contribution in [0.3, 0.4) is 0 Å². The van der Waals surface area contributed by atoms with E-state index in [1.165, 1.54) is 6.07 Å². The number of guanidine groups is 1.